The number of hydrogen-bond acceptors (Lipinski definition) is 6. The van der Waals surface area contributed by atoms with Crippen LogP contribution in [-0.4, -0.2) is 33.3 Å². The van der Waals surface area contributed by atoms with Crippen molar-refractivity contribution in [2.24, 2.45) is 0 Å². The van der Waals surface area contributed by atoms with Crippen molar-refractivity contribution in [3.05, 3.63) is 64.4 Å². The van der Waals surface area contributed by atoms with Gasteiger partial charge in [0.2, 0.25) is 5.75 Å². The highest BCUT2D eigenvalue weighted by Crippen LogP contribution is 2.41. The predicted octanol–water partition coefficient (Wildman–Crippen LogP) is 3.39. The first-order chi connectivity index (χ1) is 14.9. The van der Waals surface area contributed by atoms with Gasteiger partial charge in [-0.1, -0.05) is 29.8 Å². The molecule has 0 aliphatic carbocycles. The van der Waals surface area contributed by atoms with E-state index in [0.717, 1.165) is 11.1 Å². The maximum Gasteiger partial charge on any atom is 0.338 e. The molecule has 1 aliphatic rings. The first-order valence-electron chi connectivity index (χ1n) is 9.68. The van der Waals surface area contributed by atoms with E-state index in [1.807, 2.05) is 31.2 Å². The van der Waals surface area contributed by atoms with Gasteiger partial charge < -0.3 is 29.6 Å². The summed E-state index contributed by atoms with van der Waals surface area (Å²) in [5, 5.41) is 5.42. The van der Waals surface area contributed by atoms with Crippen LogP contribution < -0.4 is 24.8 Å². The summed E-state index contributed by atoms with van der Waals surface area (Å²) in [6.45, 7) is 3.76. The summed E-state index contributed by atoms with van der Waals surface area (Å²) in [4.78, 5) is 25.2. The van der Waals surface area contributed by atoms with Crippen LogP contribution in [0.2, 0.25) is 0 Å². The molecule has 0 spiro atoms. The number of methoxy groups -OCH3 is 3. The third kappa shape index (κ3) is 4.74. The lowest BCUT2D eigenvalue weighted by molar-refractivity contribution is -0.140. The molecule has 0 radical (unpaired) electrons. The van der Waals surface area contributed by atoms with Crippen molar-refractivity contribution >= 4 is 12.0 Å². The Labute approximate surface area is 181 Å². The molecule has 2 aromatic rings. The molecule has 2 N–H and O–H groups in total. The van der Waals surface area contributed by atoms with E-state index in [0.29, 0.717) is 34.1 Å². The number of carbonyl (C=O) groups is 2. The summed E-state index contributed by atoms with van der Waals surface area (Å²) in [5.41, 5.74) is 3.29. The smallest absolute Gasteiger partial charge is 0.338 e. The van der Waals surface area contributed by atoms with Crippen LogP contribution in [-0.2, 0) is 16.1 Å². The third-order valence-electron chi connectivity index (χ3n) is 5.00. The van der Waals surface area contributed by atoms with E-state index in [4.69, 9.17) is 18.9 Å². The molecule has 8 nitrogen and oxygen atoms in total. The summed E-state index contributed by atoms with van der Waals surface area (Å²) < 4.78 is 21.7. The topological polar surface area (TPSA) is 95.1 Å². The van der Waals surface area contributed by atoms with Crippen LogP contribution in [0.15, 0.2) is 47.7 Å². The van der Waals surface area contributed by atoms with Crippen molar-refractivity contribution in [2.45, 2.75) is 26.5 Å². The number of allylic oxidation sites excluding steroid dienone is 1. The van der Waals surface area contributed by atoms with Gasteiger partial charge in [0.15, 0.2) is 11.5 Å². The Hall–Kier alpha value is -3.68. The number of esters is 1. The Morgan fingerprint density at radius 3 is 2.13 bits per heavy atom. The van der Waals surface area contributed by atoms with E-state index >= 15 is 0 Å². The lowest BCUT2D eigenvalue weighted by Gasteiger charge is -2.29. The molecule has 0 fully saturated rings. The molecule has 8 heteroatoms. The van der Waals surface area contributed by atoms with Gasteiger partial charge in [0.25, 0.3) is 0 Å². The highest BCUT2D eigenvalue weighted by Gasteiger charge is 2.33. The van der Waals surface area contributed by atoms with Gasteiger partial charge in [0.05, 0.1) is 32.9 Å². The van der Waals surface area contributed by atoms with Crippen LogP contribution in [0.25, 0.3) is 0 Å². The molecule has 1 atom stereocenters. The Balaban J connectivity index is 1.94. The number of hydrogen-bond donors (Lipinski definition) is 2. The van der Waals surface area contributed by atoms with Gasteiger partial charge in [-0.2, -0.15) is 0 Å². The average molecular weight is 426 g/mol. The van der Waals surface area contributed by atoms with E-state index < -0.39 is 18.0 Å². The van der Waals surface area contributed by atoms with Crippen LogP contribution in [0.1, 0.15) is 29.7 Å². The largest absolute Gasteiger partial charge is 0.493 e. The van der Waals surface area contributed by atoms with Gasteiger partial charge in [0, 0.05) is 5.70 Å². The Kier molecular flexibility index (Phi) is 6.69. The van der Waals surface area contributed by atoms with Gasteiger partial charge >= 0.3 is 12.0 Å². The number of nitrogens with one attached hydrogen (secondary N) is 2. The number of urea groups is 1. The summed E-state index contributed by atoms with van der Waals surface area (Å²) in [6.07, 6.45) is 0. The Bertz CT molecular complexity index is 988. The van der Waals surface area contributed by atoms with Crippen molar-refractivity contribution in [1.82, 2.24) is 10.6 Å². The summed E-state index contributed by atoms with van der Waals surface area (Å²) in [5.74, 6) is 0.701. The molecule has 164 valence electrons. The Morgan fingerprint density at radius 2 is 1.58 bits per heavy atom. The van der Waals surface area contributed by atoms with Crippen LogP contribution in [0.5, 0.6) is 17.2 Å². The molecule has 1 aliphatic heterocycles. The fraction of sp³-hybridized carbons (Fsp3) is 0.304. The molecule has 0 unspecified atom stereocenters. The zero-order valence-corrected chi connectivity index (χ0v) is 18.2. The molecule has 3 rings (SSSR count). The number of benzene rings is 2. The molecular formula is C23H26N2O6. The summed E-state index contributed by atoms with van der Waals surface area (Å²) in [7, 11) is 4.50. The number of aryl methyl sites for hydroxylation is 1. The third-order valence-corrected chi connectivity index (χ3v) is 5.00. The fourth-order valence-electron chi connectivity index (χ4n) is 3.39. The molecule has 0 bridgehead atoms. The zero-order chi connectivity index (χ0) is 22.5. The van der Waals surface area contributed by atoms with Crippen molar-refractivity contribution < 1.29 is 28.5 Å². The molecule has 2 aromatic carbocycles. The lowest BCUT2D eigenvalue weighted by atomic mass is 9.95. The van der Waals surface area contributed by atoms with Gasteiger partial charge in [-0.3, -0.25) is 0 Å². The van der Waals surface area contributed by atoms with Crippen LogP contribution in [0.3, 0.4) is 0 Å². The average Bonchev–Trinajstić information content (AvgIpc) is 2.76. The van der Waals surface area contributed by atoms with Gasteiger partial charge in [0.1, 0.15) is 6.61 Å². The fourth-order valence-corrected chi connectivity index (χ4v) is 3.39. The number of ether oxygens (including phenoxy) is 4. The number of rotatable bonds is 7. The predicted molar refractivity (Wildman–Crippen MR) is 114 cm³/mol. The standard InChI is InChI=1S/C23H26N2O6/c1-13-6-8-15(9-7-13)12-31-22(26)19-14(2)24-23(27)25-20(19)16-10-17(28-3)21(30-5)18(11-16)29-4/h6-11,20H,12H2,1-5H3,(H2,24,25,27)/t20-/m0/s1. The minimum Gasteiger partial charge on any atom is -0.493 e. The molecule has 31 heavy (non-hydrogen) atoms. The molecule has 2 amide bonds. The maximum atomic E-state index is 13.0. The van der Waals surface area contributed by atoms with Gasteiger partial charge in [-0.25, -0.2) is 9.59 Å². The summed E-state index contributed by atoms with van der Waals surface area (Å²) in [6, 6.07) is 9.92. The van der Waals surface area contributed by atoms with E-state index in [1.165, 1.54) is 21.3 Å². The van der Waals surface area contributed by atoms with Crippen LogP contribution in [0, 0.1) is 6.92 Å². The second-order valence-corrected chi connectivity index (χ2v) is 7.09. The molecule has 0 saturated carbocycles. The first kappa shape index (κ1) is 22.0. The molecule has 0 saturated heterocycles. The van der Waals surface area contributed by atoms with Gasteiger partial charge in [-0.15, -0.1) is 0 Å². The first-order valence-corrected chi connectivity index (χ1v) is 9.68. The van der Waals surface area contributed by atoms with E-state index in [2.05, 4.69) is 10.6 Å². The second-order valence-electron chi connectivity index (χ2n) is 7.09. The highest BCUT2D eigenvalue weighted by molar-refractivity contribution is 5.95. The van der Waals surface area contributed by atoms with E-state index in [-0.39, 0.29) is 6.61 Å². The normalized spacial score (nSPS) is 15.6. The molecule has 0 aromatic heterocycles. The minimum absolute atomic E-state index is 0.117. The van der Waals surface area contributed by atoms with Crippen molar-refractivity contribution in [1.29, 1.82) is 0 Å². The monoisotopic (exact) mass is 426 g/mol. The van der Waals surface area contributed by atoms with Crippen molar-refractivity contribution in [3.8, 4) is 17.2 Å². The summed E-state index contributed by atoms with van der Waals surface area (Å²) >= 11 is 0. The maximum absolute atomic E-state index is 13.0. The zero-order valence-electron chi connectivity index (χ0n) is 18.2. The minimum atomic E-state index is -0.757. The van der Waals surface area contributed by atoms with Gasteiger partial charge in [-0.05, 0) is 37.1 Å². The van der Waals surface area contributed by atoms with Crippen molar-refractivity contribution in [2.75, 3.05) is 21.3 Å². The number of amides is 2. The van der Waals surface area contributed by atoms with E-state index in [9.17, 15) is 9.59 Å². The number of carbonyl (C=O) groups excluding carboxylic acids is 2. The second kappa shape index (κ2) is 9.42. The SMILES string of the molecule is COc1cc([C@@H]2NC(=O)NC(C)=C2C(=O)OCc2ccc(C)cc2)cc(OC)c1OC. The highest BCUT2D eigenvalue weighted by atomic mass is 16.5. The molecular weight excluding hydrogens is 400 g/mol. The van der Waals surface area contributed by atoms with E-state index in [1.54, 1.807) is 19.1 Å². The molecule has 1 heterocycles. The van der Waals surface area contributed by atoms with Crippen LogP contribution in [0.4, 0.5) is 4.79 Å². The van der Waals surface area contributed by atoms with Crippen LogP contribution >= 0.6 is 0 Å². The van der Waals surface area contributed by atoms with Crippen molar-refractivity contribution in [3.63, 3.8) is 0 Å². The quantitative estimate of drug-likeness (QED) is 0.659. The lowest BCUT2D eigenvalue weighted by Crippen LogP contribution is -2.45. The Morgan fingerprint density at radius 1 is 0.968 bits per heavy atom.